The van der Waals surface area contributed by atoms with Crippen molar-refractivity contribution in [2.75, 3.05) is 0 Å². The lowest BCUT2D eigenvalue weighted by molar-refractivity contribution is -0.138. The molecule has 0 spiro atoms. The Balaban J connectivity index is 2.19. The van der Waals surface area contributed by atoms with Gasteiger partial charge < -0.3 is 10.6 Å². The first-order valence-corrected chi connectivity index (χ1v) is 7.61. The summed E-state index contributed by atoms with van der Waals surface area (Å²) in [7, 11) is 0. The number of carbonyl (C=O) groups excluding carboxylic acids is 1. The number of amides is 1. The maximum Gasteiger partial charge on any atom is 0.241 e. The topological polar surface area (TPSA) is 70.1 Å². The molecule has 0 aromatic rings. The van der Waals surface area contributed by atoms with Crippen LogP contribution in [0.1, 0.15) is 52.4 Å². The molecule has 2 atom stereocenters. The highest BCUT2D eigenvalue weighted by Gasteiger charge is 2.50. The van der Waals surface area contributed by atoms with Crippen LogP contribution in [0.4, 0.5) is 0 Å². The SMILES string of the molecule is C=C(C)C1(C(N)C(=O)N(C(C#N)CC)C2CC2)CCC1. The van der Waals surface area contributed by atoms with Crippen LogP contribution in [0.2, 0.25) is 0 Å². The van der Waals surface area contributed by atoms with Gasteiger partial charge in [-0.15, -0.1) is 0 Å². The molecule has 2 rings (SSSR count). The minimum absolute atomic E-state index is 0.0522. The van der Waals surface area contributed by atoms with Crippen LogP contribution in [0.5, 0.6) is 0 Å². The number of carbonyl (C=O) groups is 1. The van der Waals surface area contributed by atoms with Gasteiger partial charge in [-0.2, -0.15) is 5.26 Å². The maximum absolute atomic E-state index is 12.8. The lowest BCUT2D eigenvalue weighted by Gasteiger charge is -2.47. The van der Waals surface area contributed by atoms with Crippen molar-refractivity contribution in [1.29, 1.82) is 5.26 Å². The summed E-state index contributed by atoms with van der Waals surface area (Å²) in [5.74, 6) is -0.0522. The van der Waals surface area contributed by atoms with E-state index in [0.717, 1.165) is 37.7 Å². The summed E-state index contributed by atoms with van der Waals surface area (Å²) in [5, 5.41) is 9.28. The van der Waals surface area contributed by atoms with Crippen LogP contribution in [-0.4, -0.2) is 28.9 Å². The van der Waals surface area contributed by atoms with E-state index in [0.29, 0.717) is 6.42 Å². The smallest absolute Gasteiger partial charge is 0.241 e. The van der Waals surface area contributed by atoms with Crippen molar-refractivity contribution in [1.82, 2.24) is 4.90 Å². The fourth-order valence-corrected chi connectivity index (χ4v) is 3.25. The largest absolute Gasteiger partial charge is 0.322 e. The third-order valence-electron chi connectivity index (χ3n) is 5.02. The third-order valence-corrected chi connectivity index (χ3v) is 5.02. The summed E-state index contributed by atoms with van der Waals surface area (Å²) >= 11 is 0. The van der Waals surface area contributed by atoms with Crippen molar-refractivity contribution < 1.29 is 4.79 Å². The molecule has 0 aromatic heterocycles. The van der Waals surface area contributed by atoms with E-state index in [1.165, 1.54) is 0 Å². The molecule has 0 bridgehead atoms. The Morgan fingerprint density at radius 1 is 1.55 bits per heavy atom. The van der Waals surface area contributed by atoms with Crippen molar-refractivity contribution in [3.8, 4) is 6.07 Å². The van der Waals surface area contributed by atoms with E-state index in [1.807, 2.05) is 13.8 Å². The Labute approximate surface area is 121 Å². The normalized spacial score (nSPS) is 23.1. The van der Waals surface area contributed by atoms with E-state index in [1.54, 1.807) is 4.90 Å². The highest BCUT2D eigenvalue weighted by molar-refractivity contribution is 5.84. The van der Waals surface area contributed by atoms with Gasteiger partial charge in [0.2, 0.25) is 5.91 Å². The number of nitrogens with zero attached hydrogens (tertiary/aromatic N) is 2. The first-order chi connectivity index (χ1) is 9.47. The van der Waals surface area contributed by atoms with E-state index in [9.17, 15) is 10.1 Å². The molecule has 2 aliphatic rings. The Bertz CT molecular complexity index is 443. The number of nitriles is 1. The number of nitrogens with two attached hydrogens (primary N) is 1. The van der Waals surface area contributed by atoms with Crippen LogP contribution < -0.4 is 5.73 Å². The first kappa shape index (κ1) is 15.1. The zero-order chi connectivity index (χ0) is 14.9. The molecule has 2 unspecified atom stereocenters. The molecule has 20 heavy (non-hydrogen) atoms. The van der Waals surface area contributed by atoms with Gasteiger partial charge in [0.15, 0.2) is 0 Å². The van der Waals surface area contributed by atoms with Gasteiger partial charge in [0, 0.05) is 11.5 Å². The van der Waals surface area contributed by atoms with Crippen molar-refractivity contribution in [2.24, 2.45) is 11.1 Å². The molecule has 110 valence electrons. The quantitative estimate of drug-likeness (QED) is 0.756. The van der Waals surface area contributed by atoms with Crippen LogP contribution in [0, 0.1) is 16.7 Å². The molecule has 0 radical (unpaired) electrons. The predicted octanol–water partition coefficient (Wildman–Crippen LogP) is 2.35. The van der Waals surface area contributed by atoms with Gasteiger partial charge in [0.25, 0.3) is 0 Å². The summed E-state index contributed by atoms with van der Waals surface area (Å²) in [4.78, 5) is 14.6. The second kappa shape index (κ2) is 5.57. The summed E-state index contributed by atoms with van der Waals surface area (Å²) in [6.45, 7) is 7.95. The first-order valence-electron chi connectivity index (χ1n) is 7.61. The second-order valence-corrected chi connectivity index (χ2v) is 6.30. The van der Waals surface area contributed by atoms with Crippen molar-refractivity contribution in [3.63, 3.8) is 0 Å². The highest BCUT2D eigenvalue weighted by Crippen LogP contribution is 2.49. The third kappa shape index (κ3) is 2.35. The molecule has 0 heterocycles. The molecule has 4 nitrogen and oxygen atoms in total. The monoisotopic (exact) mass is 275 g/mol. The average molecular weight is 275 g/mol. The summed E-state index contributed by atoms with van der Waals surface area (Å²) in [6, 6.07) is 1.59. The molecule has 4 heteroatoms. The number of rotatable bonds is 6. The molecule has 2 saturated carbocycles. The van der Waals surface area contributed by atoms with E-state index in [2.05, 4.69) is 12.6 Å². The van der Waals surface area contributed by atoms with Crippen LogP contribution in [-0.2, 0) is 4.79 Å². The van der Waals surface area contributed by atoms with Crippen LogP contribution >= 0.6 is 0 Å². The molecule has 2 aliphatic carbocycles. The van der Waals surface area contributed by atoms with E-state index in [4.69, 9.17) is 5.73 Å². The van der Waals surface area contributed by atoms with Crippen LogP contribution in [0.15, 0.2) is 12.2 Å². The summed E-state index contributed by atoms with van der Waals surface area (Å²) < 4.78 is 0. The Morgan fingerprint density at radius 3 is 2.45 bits per heavy atom. The Morgan fingerprint density at radius 2 is 2.15 bits per heavy atom. The van der Waals surface area contributed by atoms with E-state index < -0.39 is 6.04 Å². The number of hydrogen-bond donors (Lipinski definition) is 1. The van der Waals surface area contributed by atoms with Crippen molar-refractivity contribution in [2.45, 2.75) is 70.5 Å². The van der Waals surface area contributed by atoms with Crippen LogP contribution in [0.3, 0.4) is 0 Å². The highest BCUT2D eigenvalue weighted by atomic mass is 16.2. The maximum atomic E-state index is 12.8. The van der Waals surface area contributed by atoms with E-state index >= 15 is 0 Å². The Hall–Kier alpha value is -1.34. The number of hydrogen-bond acceptors (Lipinski definition) is 3. The molecule has 1 amide bonds. The van der Waals surface area contributed by atoms with Gasteiger partial charge in [-0.25, -0.2) is 0 Å². The fourth-order valence-electron chi connectivity index (χ4n) is 3.25. The van der Waals surface area contributed by atoms with Gasteiger partial charge in [0.1, 0.15) is 6.04 Å². The zero-order valence-corrected chi connectivity index (χ0v) is 12.6. The molecule has 2 fully saturated rings. The predicted molar refractivity (Wildman–Crippen MR) is 78.6 cm³/mol. The van der Waals surface area contributed by atoms with Gasteiger partial charge in [0.05, 0.1) is 12.1 Å². The molecule has 2 N–H and O–H groups in total. The standard InChI is InChI=1S/C16H25N3O/c1-4-12(10-17)19(13-6-7-13)15(20)14(18)16(11(2)3)8-5-9-16/h12-14H,2,4-9,18H2,1,3H3. The average Bonchev–Trinajstić information content (AvgIpc) is 3.17. The molecule has 0 aliphatic heterocycles. The minimum atomic E-state index is -0.545. The van der Waals surface area contributed by atoms with Crippen molar-refractivity contribution in [3.05, 3.63) is 12.2 Å². The van der Waals surface area contributed by atoms with Gasteiger partial charge >= 0.3 is 0 Å². The second-order valence-electron chi connectivity index (χ2n) is 6.30. The van der Waals surface area contributed by atoms with E-state index in [-0.39, 0.29) is 23.4 Å². The molecule has 0 aromatic carbocycles. The Kier molecular flexibility index (Phi) is 4.19. The van der Waals surface area contributed by atoms with Crippen LogP contribution in [0.25, 0.3) is 0 Å². The molecular formula is C16H25N3O. The van der Waals surface area contributed by atoms with Gasteiger partial charge in [-0.3, -0.25) is 4.79 Å². The van der Waals surface area contributed by atoms with Gasteiger partial charge in [-0.1, -0.05) is 25.5 Å². The molecular weight excluding hydrogens is 250 g/mol. The summed E-state index contributed by atoms with van der Waals surface area (Å²) in [5.41, 5.74) is 7.08. The zero-order valence-electron chi connectivity index (χ0n) is 12.6. The molecule has 0 saturated heterocycles. The van der Waals surface area contributed by atoms with Crippen molar-refractivity contribution >= 4 is 5.91 Å². The lowest BCUT2D eigenvalue weighted by Crippen LogP contribution is -2.58. The fraction of sp³-hybridized carbons (Fsp3) is 0.750. The van der Waals surface area contributed by atoms with Gasteiger partial charge in [-0.05, 0) is 39.0 Å². The summed E-state index contributed by atoms with van der Waals surface area (Å²) in [6.07, 6.45) is 5.64. The lowest BCUT2D eigenvalue weighted by atomic mass is 9.60. The minimum Gasteiger partial charge on any atom is -0.322 e.